The van der Waals surface area contributed by atoms with Crippen molar-refractivity contribution in [1.82, 2.24) is 0 Å². The molecule has 6 nitrogen and oxygen atoms in total. The lowest BCUT2D eigenvalue weighted by Crippen LogP contribution is -2.30. The highest BCUT2D eigenvalue weighted by atomic mass is 16.6. The number of rotatable bonds is 38. The molecule has 0 aliphatic heterocycles. The Morgan fingerprint density at radius 3 is 1.32 bits per heavy atom. The summed E-state index contributed by atoms with van der Waals surface area (Å²) < 4.78 is 16.6. The van der Waals surface area contributed by atoms with Crippen molar-refractivity contribution in [3.05, 3.63) is 109 Å². The Morgan fingerprint density at radius 2 is 0.789 bits per heavy atom. The largest absolute Gasteiger partial charge is 0.462 e. The molecule has 0 N–H and O–H groups in total. The third-order valence-corrected chi connectivity index (χ3v) is 8.90. The SMILES string of the molecule is CC\C=C/C=C\C=C/C=C\C=C/CCCC(=O)OC(COC(=O)CCCCC/C=C\C/C=C\C/C=C\C/C=C\CC)COC(=O)CCCCCCCCCCCC. The van der Waals surface area contributed by atoms with E-state index in [0.717, 1.165) is 83.5 Å². The maximum atomic E-state index is 12.7. The Morgan fingerprint density at radius 1 is 0.386 bits per heavy atom. The summed E-state index contributed by atoms with van der Waals surface area (Å²) in [6, 6.07) is 0. The predicted octanol–water partition coefficient (Wildman–Crippen LogP) is 14.4. The molecule has 0 heterocycles. The van der Waals surface area contributed by atoms with E-state index in [1.54, 1.807) is 0 Å². The molecule has 0 rings (SSSR count). The number of hydrogen-bond acceptors (Lipinski definition) is 6. The fourth-order valence-corrected chi connectivity index (χ4v) is 5.58. The van der Waals surface area contributed by atoms with Crippen molar-refractivity contribution in [2.45, 2.75) is 181 Å². The number of esters is 3. The molecule has 0 aliphatic carbocycles. The van der Waals surface area contributed by atoms with Crippen LogP contribution in [0.3, 0.4) is 0 Å². The van der Waals surface area contributed by atoms with E-state index in [9.17, 15) is 14.4 Å². The summed E-state index contributed by atoms with van der Waals surface area (Å²) in [4.78, 5) is 37.7. The second kappa shape index (κ2) is 44.8. The Labute approximate surface area is 349 Å². The standard InChI is InChI=1S/C51H80O6/c1-4-7-10-13-16-19-22-24-25-26-28-29-32-35-38-41-44-50(53)56-47-48(46-55-49(52)43-40-37-34-31-21-18-15-12-9-6-3)57-51(54)45-42-39-36-33-30-27-23-20-17-14-11-8-5-2/h7-8,10-11,14,16-17,19-20,23-25,27-30,33,36,48H,4-6,9,12-13,15,18,21-22,26,31-32,34-35,37-47H2,1-3H3/b10-7-,11-8-,17-14-,19-16-,23-20-,25-24-,29-28-,30-27-,36-33-. The molecule has 0 radical (unpaired) electrons. The van der Waals surface area contributed by atoms with E-state index < -0.39 is 12.1 Å². The first-order chi connectivity index (χ1) is 28.0. The van der Waals surface area contributed by atoms with Crippen LogP contribution < -0.4 is 0 Å². The second-order valence-electron chi connectivity index (χ2n) is 14.3. The van der Waals surface area contributed by atoms with Crippen molar-refractivity contribution in [2.24, 2.45) is 0 Å². The summed E-state index contributed by atoms with van der Waals surface area (Å²) in [5.74, 6) is -1.04. The molecule has 0 aromatic heterocycles. The van der Waals surface area contributed by atoms with Crippen LogP contribution in [0.5, 0.6) is 0 Å². The fourth-order valence-electron chi connectivity index (χ4n) is 5.58. The van der Waals surface area contributed by atoms with Gasteiger partial charge in [0.15, 0.2) is 6.10 Å². The van der Waals surface area contributed by atoms with Gasteiger partial charge >= 0.3 is 17.9 Å². The van der Waals surface area contributed by atoms with Crippen LogP contribution in [0.1, 0.15) is 175 Å². The van der Waals surface area contributed by atoms with Gasteiger partial charge in [-0.1, -0.05) is 194 Å². The molecule has 0 saturated carbocycles. The quantitative estimate of drug-likeness (QED) is 0.0204. The fraction of sp³-hybridized carbons (Fsp3) is 0.588. The van der Waals surface area contributed by atoms with Crippen molar-refractivity contribution in [3.63, 3.8) is 0 Å². The van der Waals surface area contributed by atoms with E-state index >= 15 is 0 Å². The molecule has 0 bridgehead atoms. The minimum Gasteiger partial charge on any atom is -0.462 e. The zero-order valence-corrected chi connectivity index (χ0v) is 36.3. The summed E-state index contributed by atoms with van der Waals surface area (Å²) in [6.07, 6.45) is 59.4. The lowest BCUT2D eigenvalue weighted by Gasteiger charge is -2.18. The summed E-state index contributed by atoms with van der Waals surface area (Å²) in [5, 5.41) is 0. The van der Waals surface area contributed by atoms with E-state index in [4.69, 9.17) is 14.2 Å². The zero-order chi connectivity index (χ0) is 41.5. The molecule has 0 fully saturated rings. The van der Waals surface area contributed by atoms with Gasteiger partial charge in [0.1, 0.15) is 13.2 Å². The van der Waals surface area contributed by atoms with Crippen LogP contribution in [0.15, 0.2) is 109 Å². The average molecular weight is 789 g/mol. The number of hydrogen-bond donors (Lipinski definition) is 0. The minimum absolute atomic E-state index is 0.118. The molecular weight excluding hydrogens is 709 g/mol. The first-order valence-electron chi connectivity index (χ1n) is 22.5. The lowest BCUT2D eigenvalue weighted by molar-refractivity contribution is -0.167. The Hall–Kier alpha value is -3.93. The van der Waals surface area contributed by atoms with Gasteiger partial charge in [-0.15, -0.1) is 0 Å². The molecule has 0 aliphatic rings. The van der Waals surface area contributed by atoms with Gasteiger partial charge in [0.25, 0.3) is 0 Å². The van der Waals surface area contributed by atoms with Crippen LogP contribution in [-0.2, 0) is 28.6 Å². The van der Waals surface area contributed by atoms with Crippen LogP contribution in [-0.4, -0.2) is 37.2 Å². The third-order valence-electron chi connectivity index (χ3n) is 8.90. The third kappa shape index (κ3) is 43.0. The molecule has 0 amide bonds. The Bertz CT molecular complexity index is 1230. The van der Waals surface area contributed by atoms with Gasteiger partial charge in [-0.05, 0) is 70.6 Å². The molecule has 6 heteroatoms. The van der Waals surface area contributed by atoms with Crippen molar-refractivity contribution in [3.8, 4) is 0 Å². The van der Waals surface area contributed by atoms with Crippen molar-refractivity contribution < 1.29 is 28.6 Å². The van der Waals surface area contributed by atoms with E-state index in [1.165, 1.54) is 44.9 Å². The molecular formula is C51H80O6. The normalized spacial score (nSPS) is 13.1. The highest BCUT2D eigenvalue weighted by molar-refractivity contribution is 5.71. The molecule has 0 aromatic carbocycles. The number of unbranched alkanes of at least 4 members (excludes halogenated alkanes) is 13. The van der Waals surface area contributed by atoms with Crippen molar-refractivity contribution in [1.29, 1.82) is 0 Å². The topological polar surface area (TPSA) is 78.9 Å². The molecule has 0 spiro atoms. The molecule has 57 heavy (non-hydrogen) atoms. The predicted molar refractivity (Wildman–Crippen MR) is 242 cm³/mol. The van der Waals surface area contributed by atoms with Gasteiger partial charge in [-0.25, -0.2) is 0 Å². The zero-order valence-electron chi connectivity index (χ0n) is 36.3. The van der Waals surface area contributed by atoms with Crippen LogP contribution in [0.25, 0.3) is 0 Å². The Kier molecular flexibility index (Phi) is 41.7. The first-order valence-corrected chi connectivity index (χ1v) is 22.5. The van der Waals surface area contributed by atoms with Crippen LogP contribution in [0.2, 0.25) is 0 Å². The number of ether oxygens (including phenoxy) is 3. The van der Waals surface area contributed by atoms with Gasteiger partial charge in [0.05, 0.1) is 0 Å². The van der Waals surface area contributed by atoms with Crippen molar-refractivity contribution >= 4 is 17.9 Å². The number of allylic oxidation sites excluding steroid dienone is 18. The Balaban J connectivity index is 4.56. The lowest BCUT2D eigenvalue weighted by atomic mass is 10.1. The van der Waals surface area contributed by atoms with Crippen LogP contribution in [0.4, 0.5) is 0 Å². The summed E-state index contributed by atoms with van der Waals surface area (Å²) in [6.45, 7) is 6.24. The maximum absolute atomic E-state index is 12.7. The van der Waals surface area contributed by atoms with Gasteiger partial charge in [-0.2, -0.15) is 0 Å². The van der Waals surface area contributed by atoms with E-state index in [2.05, 4.69) is 75.5 Å². The van der Waals surface area contributed by atoms with Gasteiger partial charge in [0.2, 0.25) is 0 Å². The van der Waals surface area contributed by atoms with Crippen LogP contribution >= 0.6 is 0 Å². The average Bonchev–Trinajstić information content (AvgIpc) is 3.21. The maximum Gasteiger partial charge on any atom is 0.306 e. The minimum atomic E-state index is -0.826. The van der Waals surface area contributed by atoms with Crippen LogP contribution in [0, 0.1) is 0 Å². The molecule has 0 saturated heterocycles. The highest BCUT2D eigenvalue weighted by Gasteiger charge is 2.19. The first kappa shape index (κ1) is 53.1. The van der Waals surface area contributed by atoms with E-state index in [-0.39, 0.29) is 31.6 Å². The monoisotopic (exact) mass is 789 g/mol. The van der Waals surface area contributed by atoms with Crippen molar-refractivity contribution in [2.75, 3.05) is 13.2 Å². The molecule has 1 atom stereocenters. The molecule has 320 valence electrons. The summed E-state index contributed by atoms with van der Waals surface area (Å²) in [5.41, 5.74) is 0. The molecule has 0 aromatic rings. The van der Waals surface area contributed by atoms with E-state index in [1.807, 2.05) is 54.7 Å². The van der Waals surface area contributed by atoms with Gasteiger partial charge in [0, 0.05) is 19.3 Å². The molecule has 1 unspecified atom stereocenters. The number of carbonyl (C=O) groups excluding carboxylic acids is 3. The summed E-state index contributed by atoms with van der Waals surface area (Å²) >= 11 is 0. The van der Waals surface area contributed by atoms with Gasteiger partial charge < -0.3 is 14.2 Å². The number of carbonyl (C=O) groups is 3. The highest BCUT2D eigenvalue weighted by Crippen LogP contribution is 2.12. The summed E-state index contributed by atoms with van der Waals surface area (Å²) in [7, 11) is 0. The van der Waals surface area contributed by atoms with Gasteiger partial charge in [-0.3, -0.25) is 14.4 Å². The second-order valence-corrected chi connectivity index (χ2v) is 14.3. The smallest absolute Gasteiger partial charge is 0.306 e. The van der Waals surface area contributed by atoms with E-state index in [0.29, 0.717) is 19.3 Å².